The predicted octanol–water partition coefficient (Wildman–Crippen LogP) is 1.92. The van der Waals surface area contributed by atoms with Crippen LogP contribution in [-0.4, -0.2) is 39.8 Å². The summed E-state index contributed by atoms with van der Waals surface area (Å²) >= 11 is 0. The molecular weight excluding hydrogens is 320 g/mol. The van der Waals surface area contributed by atoms with Crippen molar-refractivity contribution in [3.8, 4) is 0 Å². The lowest BCUT2D eigenvalue weighted by Crippen LogP contribution is -2.77. The zero-order chi connectivity index (χ0) is 18.5. The van der Waals surface area contributed by atoms with Crippen molar-refractivity contribution in [3.63, 3.8) is 0 Å². The van der Waals surface area contributed by atoms with Gasteiger partial charge in [0.05, 0.1) is 12.5 Å². The monoisotopic (exact) mass is 346 g/mol. The summed E-state index contributed by atoms with van der Waals surface area (Å²) in [5.74, 6) is -3.75. The molecule has 3 aliphatic carbocycles. The van der Waals surface area contributed by atoms with Gasteiger partial charge in [0.25, 0.3) is 5.79 Å². The Morgan fingerprint density at radius 2 is 1.92 bits per heavy atom. The molecule has 136 valence electrons. The van der Waals surface area contributed by atoms with Crippen molar-refractivity contribution in [2.24, 2.45) is 22.2 Å². The Morgan fingerprint density at radius 1 is 1.24 bits per heavy atom. The first kappa shape index (κ1) is 17.1. The van der Waals surface area contributed by atoms with E-state index in [2.05, 4.69) is 6.58 Å². The second-order valence-corrected chi connectivity index (χ2v) is 9.25. The second-order valence-electron chi connectivity index (χ2n) is 9.25. The first-order valence-electron chi connectivity index (χ1n) is 9.01. The maximum Gasteiger partial charge on any atom is 0.262 e. The fourth-order valence-corrected chi connectivity index (χ4v) is 6.13. The molecule has 3 fully saturated rings. The molecule has 2 saturated carbocycles. The van der Waals surface area contributed by atoms with E-state index in [-0.39, 0.29) is 18.8 Å². The average Bonchev–Trinajstić information content (AvgIpc) is 2.72. The van der Waals surface area contributed by atoms with E-state index >= 15 is 0 Å². The van der Waals surface area contributed by atoms with Crippen molar-refractivity contribution in [2.75, 3.05) is 6.61 Å². The SMILES string of the molecule is C=CC1(C)C=C2C(=O)C3(O)OCC4(CCCC(C)(C)C34O)C2C(=O)C1. The van der Waals surface area contributed by atoms with Crippen LogP contribution in [0.2, 0.25) is 0 Å². The number of fused-ring (bicyclic) bond motifs is 1. The summed E-state index contributed by atoms with van der Waals surface area (Å²) in [6.07, 6.45) is 5.71. The molecule has 1 heterocycles. The maximum atomic E-state index is 13.2. The van der Waals surface area contributed by atoms with Crippen molar-refractivity contribution in [1.29, 1.82) is 0 Å². The molecule has 5 atom stereocenters. The Morgan fingerprint density at radius 3 is 2.56 bits per heavy atom. The molecule has 5 heteroatoms. The number of hydrogen-bond acceptors (Lipinski definition) is 5. The van der Waals surface area contributed by atoms with Gasteiger partial charge in [-0.3, -0.25) is 9.59 Å². The maximum absolute atomic E-state index is 13.2. The van der Waals surface area contributed by atoms with Crippen LogP contribution in [0.15, 0.2) is 24.3 Å². The smallest absolute Gasteiger partial charge is 0.262 e. The molecule has 1 aliphatic heterocycles. The van der Waals surface area contributed by atoms with Gasteiger partial charge in [0, 0.05) is 28.2 Å². The molecule has 25 heavy (non-hydrogen) atoms. The fraction of sp³-hybridized carbons (Fsp3) is 0.700. The molecule has 0 radical (unpaired) electrons. The van der Waals surface area contributed by atoms with Crippen LogP contribution >= 0.6 is 0 Å². The van der Waals surface area contributed by atoms with E-state index < -0.39 is 39.3 Å². The van der Waals surface area contributed by atoms with Crippen LogP contribution in [0.5, 0.6) is 0 Å². The van der Waals surface area contributed by atoms with Crippen molar-refractivity contribution in [2.45, 2.75) is 57.8 Å². The van der Waals surface area contributed by atoms with Gasteiger partial charge in [-0.1, -0.05) is 39.3 Å². The largest absolute Gasteiger partial charge is 0.382 e. The Hall–Kier alpha value is -1.30. The van der Waals surface area contributed by atoms with Crippen LogP contribution in [0.25, 0.3) is 0 Å². The highest BCUT2D eigenvalue weighted by molar-refractivity contribution is 6.10. The van der Waals surface area contributed by atoms with Crippen molar-refractivity contribution < 1.29 is 24.5 Å². The van der Waals surface area contributed by atoms with Gasteiger partial charge in [0.1, 0.15) is 11.4 Å². The summed E-state index contributed by atoms with van der Waals surface area (Å²) in [5.41, 5.74) is -3.80. The van der Waals surface area contributed by atoms with Gasteiger partial charge in [-0.25, -0.2) is 0 Å². The lowest BCUT2D eigenvalue weighted by molar-refractivity contribution is -0.300. The van der Waals surface area contributed by atoms with Gasteiger partial charge >= 0.3 is 0 Å². The second kappa shape index (κ2) is 4.51. The number of carbonyl (C=O) groups excluding carboxylic acids is 2. The summed E-state index contributed by atoms with van der Waals surface area (Å²) in [6, 6.07) is 0. The molecule has 5 unspecified atom stereocenters. The van der Waals surface area contributed by atoms with E-state index in [1.165, 1.54) is 0 Å². The third-order valence-electron chi connectivity index (χ3n) is 7.42. The predicted molar refractivity (Wildman–Crippen MR) is 90.4 cm³/mol. The summed E-state index contributed by atoms with van der Waals surface area (Å²) in [5, 5.41) is 23.0. The van der Waals surface area contributed by atoms with Gasteiger partial charge in [0.15, 0.2) is 0 Å². The molecule has 0 aromatic rings. The molecule has 0 amide bonds. The van der Waals surface area contributed by atoms with Crippen LogP contribution in [0.1, 0.15) is 46.5 Å². The number of aliphatic hydroxyl groups is 2. The van der Waals surface area contributed by atoms with Gasteiger partial charge < -0.3 is 14.9 Å². The summed E-state index contributed by atoms with van der Waals surface area (Å²) in [4.78, 5) is 26.4. The third-order valence-corrected chi connectivity index (χ3v) is 7.42. The molecule has 2 N–H and O–H groups in total. The Labute approximate surface area is 147 Å². The van der Waals surface area contributed by atoms with Crippen molar-refractivity contribution in [3.05, 3.63) is 24.3 Å². The topological polar surface area (TPSA) is 83.8 Å². The van der Waals surface area contributed by atoms with Gasteiger partial charge in [0.2, 0.25) is 5.78 Å². The van der Waals surface area contributed by atoms with Crippen LogP contribution < -0.4 is 0 Å². The van der Waals surface area contributed by atoms with E-state index in [1.54, 1.807) is 12.2 Å². The normalized spacial score (nSPS) is 50.8. The fourth-order valence-electron chi connectivity index (χ4n) is 6.13. The Kier molecular flexibility index (Phi) is 3.09. The molecule has 2 bridgehead atoms. The quantitative estimate of drug-likeness (QED) is 0.709. The van der Waals surface area contributed by atoms with Crippen molar-refractivity contribution in [1.82, 2.24) is 0 Å². The van der Waals surface area contributed by atoms with E-state index in [0.717, 1.165) is 6.42 Å². The van der Waals surface area contributed by atoms with E-state index in [0.29, 0.717) is 18.4 Å². The molecule has 0 aromatic carbocycles. The number of Topliss-reactive ketones (excluding diaryl/α,β-unsaturated/α-hetero) is 2. The van der Waals surface area contributed by atoms with E-state index in [9.17, 15) is 19.8 Å². The van der Waals surface area contributed by atoms with Crippen LogP contribution in [-0.2, 0) is 14.3 Å². The zero-order valence-electron chi connectivity index (χ0n) is 15.1. The van der Waals surface area contributed by atoms with E-state index in [4.69, 9.17) is 4.74 Å². The minimum Gasteiger partial charge on any atom is -0.382 e. The Bertz CT molecular complexity index is 736. The molecule has 4 rings (SSSR count). The lowest BCUT2D eigenvalue weighted by Gasteiger charge is -2.62. The Balaban J connectivity index is 2.02. The number of ether oxygens (including phenoxy) is 1. The minimum absolute atomic E-state index is 0.0215. The van der Waals surface area contributed by atoms with E-state index in [1.807, 2.05) is 20.8 Å². The number of hydrogen-bond donors (Lipinski definition) is 2. The third kappa shape index (κ3) is 1.61. The number of ketones is 2. The highest BCUT2D eigenvalue weighted by Crippen LogP contribution is 2.70. The molecule has 1 saturated heterocycles. The van der Waals surface area contributed by atoms with Gasteiger partial charge in [-0.05, 0) is 12.8 Å². The standard InChI is InChI=1S/C20H26O5/c1-5-17(4)9-12-14(13(21)10-17)18-8-6-7-16(2,3)20(18,24)19(23,15(12)22)25-11-18/h5,9,14,23-24H,1,6-8,10-11H2,2-4H3. The highest BCUT2D eigenvalue weighted by atomic mass is 16.7. The number of allylic oxidation sites excluding steroid dienone is 2. The lowest BCUT2D eigenvalue weighted by atomic mass is 9.41. The average molecular weight is 346 g/mol. The highest BCUT2D eigenvalue weighted by Gasteiger charge is 2.83. The first-order valence-corrected chi connectivity index (χ1v) is 9.01. The molecule has 0 aromatic heterocycles. The zero-order valence-corrected chi connectivity index (χ0v) is 15.1. The molecule has 5 nitrogen and oxygen atoms in total. The number of carbonyl (C=O) groups is 2. The molecule has 4 aliphatic rings. The number of rotatable bonds is 1. The van der Waals surface area contributed by atoms with Crippen LogP contribution in [0, 0.1) is 22.2 Å². The minimum atomic E-state index is -2.29. The van der Waals surface area contributed by atoms with Gasteiger partial charge in [-0.15, -0.1) is 6.58 Å². The first-order chi connectivity index (χ1) is 11.5. The summed E-state index contributed by atoms with van der Waals surface area (Å²) in [7, 11) is 0. The molecular formula is C20H26O5. The molecule has 0 spiro atoms. The van der Waals surface area contributed by atoms with Crippen LogP contribution in [0.3, 0.4) is 0 Å². The van der Waals surface area contributed by atoms with Crippen LogP contribution in [0.4, 0.5) is 0 Å². The van der Waals surface area contributed by atoms with Gasteiger partial charge in [-0.2, -0.15) is 0 Å². The summed E-state index contributed by atoms with van der Waals surface area (Å²) < 4.78 is 5.63. The van der Waals surface area contributed by atoms with Crippen molar-refractivity contribution >= 4 is 11.6 Å². The summed E-state index contributed by atoms with van der Waals surface area (Å²) in [6.45, 7) is 9.36.